The van der Waals surface area contributed by atoms with Gasteiger partial charge in [0.15, 0.2) is 5.82 Å². The van der Waals surface area contributed by atoms with Crippen LogP contribution in [0.5, 0.6) is 0 Å². The molecule has 90 valence electrons. The van der Waals surface area contributed by atoms with Crippen molar-refractivity contribution in [3.63, 3.8) is 0 Å². The molecule has 0 amide bonds. The van der Waals surface area contributed by atoms with Crippen molar-refractivity contribution in [2.75, 3.05) is 39.8 Å². The van der Waals surface area contributed by atoms with Crippen molar-refractivity contribution in [2.24, 2.45) is 0 Å². The van der Waals surface area contributed by atoms with E-state index < -0.39 is 0 Å². The van der Waals surface area contributed by atoms with Crippen molar-refractivity contribution < 1.29 is 9.63 Å². The van der Waals surface area contributed by atoms with Gasteiger partial charge in [-0.1, -0.05) is 5.16 Å². The van der Waals surface area contributed by atoms with Gasteiger partial charge in [0.1, 0.15) is 6.61 Å². The zero-order chi connectivity index (χ0) is 11.4. The van der Waals surface area contributed by atoms with Crippen LogP contribution >= 0.6 is 0 Å². The molecule has 1 aliphatic rings. The van der Waals surface area contributed by atoms with Gasteiger partial charge in [-0.2, -0.15) is 4.98 Å². The molecule has 1 aliphatic heterocycles. The SMILES string of the molecule is CN1CCN(CCc2nc(CO)no2)CC1. The molecule has 0 atom stereocenters. The molecule has 1 fully saturated rings. The Morgan fingerprint density at radius 2 is 2.06 bits per heavy atom. The maximum Gasteiger partial charge on any atom is 0.228 e. The Kier molecular flexibility index (Phi) is 3.87. The van der Waals surface area contributed by atoms with Crippen LogP contribution in [-0.2, 0) is 13.0 Å². The van der Waals surface area contributed by atoms with Crippen LogP contribution in [0, 0.1) is 0 Å². The molecule has 1 N–H and O–H groups in total. The first-order valence-electron chi connectivity index (χ1n) is 5.61. The number of nitrogens with zero attached hydrogens (tertiary/aromatic N) is 4. The van der Waals surface area contributed by atoms with Crippen LogP contribution in [0.4, 0.5) is 0 Å². The van der Waals surface area contributed by atoms with E-state index in [9.17, 15) is 0 Å². The molecule has 0 radical (unpaired) electrons. The van der Waals surface area contributed by atoms with Gasteiger partial charge in [-0.15, -0.1) is 0 Å². The monoisotopic (exact) mass is 226 g/mol. The molecular formula is C10H18N4O2. The van der Waals surface area contributed by atoms with Crippen LogP contribution in [0.1, 0.15) is 11.7 Å². The Hall–Kier alpha value is -0.980. The highest BCUT2D eigenvalue weighted by molar-refractivity contribution is 4.85. The van der Waals surface area contributed by atoms with Gasteiger partial charge in [0.05, 0.1) is 0 Å². The molecule has 0 spiro atoms. The summed E-state index contributed by atoms with van der Waals surface area (Å²) >= 11 is 0. The third-order valence-electron chi connectivity index (χ3n) is 2.89. The van der Waals surface area contributed by atoms with Crippen LogP contribution in [0.25, 0.3) is 0 Å². The van der Waals surface area contributed by atoms with E-state index >= 15 is 0 Å². The Morgan fingerprint density at radius 3 is 2.69 bits per heavy atom. The summed E-state index contributed by atoms with van der Waals surface area (Å²) in [5.74, 6) is 0.983. The zero-order valence-corrected chi connectivity index (χ0v) is 9.59. The minimum atomic E-state index is -0.155. The predicted octanol–water partition coefficient (Wildman–Crippen LogP) is -0.648. The van der Waals surface area contributed by atoms with Gasteiger partial charge < -0.3 is 19.4 Å². The van der Waals surface area contributed by atoms with Gasteiger partial charge in [-0.3, -0.25) is 0 Å². The number of rotatable bonds is 4. The second kappa shape index (κ2) is 5.38. The second-order valence-electron chi connectivity index (χ2n) is 4.16. The molecule has 0 saturated carbocycles. The highest BCUT2D eigenvalue weighted by Crippen LogP contribution is 2.03. The zero-order valence-electron chi connectivity index (χ0n) is 9.59. The summed E-state index contributed by atoms with van der Waals surface area (Å²) in [7, 11) is 2.14. The number of aromatic nitrogens is 2. The maximum atomic E-state index is 8.80. The lowest BCUT2D eigenvalue weighted by Gasteiger charge is -2.31. The molecule has 2 heterocycles. The van der Waals surface area contributed by atoms with Crippen molar-refractivity contribution in [1.29, 1.82) is 0 Å². The fourth-order valence-corrected chi connectivity index (χ4v) is 1.78. The summed E-state index contributed by atoms with van der Waals surface area (Å²) in [6.07, 6.45) is 0.761. The first-order valence-corrected chi connectivity index (χ1v) is 5.61. The van der Waals surface area contributed by atoms with Crippen LogP contribution < -0.4 is 0 Å². The first-order chi connectivity index (χ1) is 7.78. The summed E-state index contributed by atoms with van der Waals surface area (Å²) < 4.78 is 5.01. The number of aliphatic hydroxyl groups excluding tert-OH is 1. The normalized spacial score (nSPS) is 19.1. The Morgan fingerprint density at radius 1 is 1.31 bits per heavy atom. The van der Waals surface area contributed by atoms with Gasteiger partial charge >= 0.3 is 0 Å². The smallest absolute Gasteiger partial charge is 0.228 e. The van der Waals surface area contributed by atoms with E-state index in [0.717, 1.165) is 39.1 Å². The quantitative estimate of drug-likeness (QED) is 0.736. The Labute approximate surface area is 94.8 Å². The highest BCUT2D eigenvalue weighted by Gasteiger charge is 2.14. The summed E-state index contributed by atoms with van der Waals surface area (Å²) in [6, 6.07) is 0. The van der Waals surface area contributed by atoms with E-state index in [0.29, 0.717) is 11.7 Å². The minimum absolute atomic E-state index is 0.155. The molecule has 6 nitrogen and oxygen atoms in total. The summed E-state index contributed by atoms with van der Waals surface area (Å²) in [6.45, 7) is 5.21. The largest absolute Gasteiger partial charge is 0.388 e. The summed E-state index contributed by atoms with van der Waals surface area (Å²) in [5.41, 5.74) is 0. The lowest BCUT2D eigenvalue weighted by Crippen LogP contribution is -2.45. The van der Waals surface area contributed by atoms with E-state index in [2.05, 4.69) is 27.0 Å². The van der Waals surface area contributed by atoms with Crippen LogP contribution in [0.2, 0.25) is 0 Å². The molecule has 1 saturated heterocycles. The minimum Gasteiger partial charge on any atom is -0.388 e. The van der Waals surface area contributed by atoms with Gasteiger partial charge in [0.2, 0.25) is 5.89 Å². The number of likely N-dealkylation sites (N-methyl/N-ethyl adjacent to an activating group) is 1. The highest BCUT2D eigenvalue weighted by atomic mass is 16.5. The fourth-order valence-electron chi connectivity index (χ4n) is 1.78. The fraction of sp³-hybridized carbons (Fsp3) is 0.800. The summed E-state index contributed by atoms with van der Waals surface area (Å²) in [4.78, 5) is 8.78. The van der Waals surface area contributed by atoms with Crippen molar-refractivity contribution >= 4 is 0 Å². The second-order valence-corrected chi connectivity index (χ2v) is 4.16. The third kappa shape index (κ3) is 3.01. The average Bonchev–Trinajstić information content (AvgIpc) is 2.76. The van der Waals surface area contributed by atoms with Crippen molar-refractivity contribution in [3.8, 4) is 0 Å². The molecule has 1 aromatic heterocycles. The van der Waals surface area contributed by atoms with E-state index in [1.54, 1.807) is 0 Å². The first kappa shape index (κ1) is 11.5. The average molecular weight is 226 g/mol. The van der Waals surface area contributed by atoms with Crippen molar-refractivity contribution in [1.82, 2.24) is 19.9 Å². The lowest BCUT2D eigenvalue weighted by molar-refractivity contribution is 0.152. The Balaban J connectivity index is 1.74. The van der Waals surface area contributed by atoms with Gasteiger partial charge in [-0.05, 0) is 7.05 Å². The molecule has 0 unspecified atom stereocenters. The topological polar surface area (TPSA) is 65.6 Å². The molecule has 2 rings (SSSR count). The maximum absolute atomic E-state index is 8.80. The van der Waals surface area contributed by atoms with E-state index in [1.807, 2.05) is 0 Å². The molecule has 0 aliphatic carbocycles. The van der Waals surface area contributed by atoms with Crippen molar-refractivity contribution in [2.45, 2.75) is 13.0 Å². The van der Waals surface area contributed by atoms with Crippen molar-refractivity contribution in [3.05, 3.63) is 11.7 Å². The third-order valence-corrected chi connectivity index (χ3v) is 2.89. The summed E-state index contributed by atoms with van der Waals surface area (Å²) in [5, 5.41) is 12.4. The van der Waals surface area contributed by atoms with Gasteiger partial charge in [0, 0.05) is 39.1 Å². The van der Waals surface area contributed by atoms with Crippen LogP contribution in [0.15, 0.2) is 4.52 Å². The number of aliphatic hydroxyl groups is 1. The number of hydrogen-bond donors (Lipinski definition) is 1. The molecule has 0 aromatic carbocycles. The van der Waals surface area contributed by atoms with E-state index in [4.69, 9.17) is 9.63 Å². The van der Waals surface area contributed by atoms with Gasteiger partial charge in [-0.25, -0.2) is 0 Å². The number of hydrogen-bond acceptors (Lipinski definition) is 6. The lowest BCUT2D eigenvalue weighted by atomic mass is 10.3. The van der Waals surface area contributed by atoms with E-state index in [-0.39, 0.29) is 6.61 Å². The molecular weight excluding hydrogens is 208 g/mol. The molecule has 6 heteroatoms. The number of piperazine rings is 1. The molecule has 0 bridgehead atoms. The van der Waals surface area contributed by atoms with Gasteiger partial charge in [0.25, 0.3) is 0 Å². The molecule has 1 aromatic rings. The standard InChI is InChI=1S/C10H18N4O2/c1-13-4-6-14(7-5-13)3-2-10-11-9(8-15)12-16-10/h15H,2-8H2,1H3. The predicted molar refractivity (Wildman–Crippen MR) is 57.9 cm³/mol. The van der Waals surface area contributed by atoms with Crippen LogP contribution in [0.3, 0.4) is 0 Å². The molecule has 16 heavy (non-hydrogen) atoms. The van der Waals surface area contributed by atoms with E-state index in [1.165, 1.54) is 0 Å². The van der Waals surface area contributed by atoms with Crippen LogP contribution in [-0.4, -0.2) is 64.8 Å². The Bertz CT molecular complexity index is 320.